The van der Waals surface area contributed by atoms with E-state index in [0.717, 1.165) is 32.2 Å². The molecule has 0 atom stereocenters. The summed E-state index contributed by atoms with van der Waals surface area (Å²) in [4.78, 5) is 23.3. The maximum absolute atomic E-state index is 11.7. The number of H-pyrrole nitrogens is 1. The highest BCUT2D eigenvalue weighted by Crippen LogP contribution is 2.26. The third-order valence-electron chi connectivity index (χ3n) is 4.45. The van der Waals surface area contributed by atoms with Gasteiger partial charge in [-0.05, 0) is 12.8 Å². The number of ether oxygens (including phenoxy) is 1. The van der Waals surface area contributed by atoms with Crippen LogP contribution in [-0.4, -0.2) is 54.2 Å². The van der Waals surface area contributed by atoms with E-state index >= 15 is 0 Å². The van der Waals surface area contributed by atoms with Crippen molar-refractivity contribution >= 4 is 5.82 Å². The van der Waals surface area contributed by atoms with Crippen molar-refractivity contribution in [2.24, 2.45) is 0 Å². The van der Waals surface area contributed by atoms with Gasteiger partial charge in [0.1, 0.15) is 0 Å². The topological polar surface area (TPSA) is 61.5 Å². The molecule has 1 aromatic rings. The van der Waals surface area contributed by atoms with Crippen molar-refractivity contribution < 1.29 is 4.74 Å². The van der Waals surface area contributed by atoms with E-state index in [0.29, 0.717) is 11.6 Å². The first kappa shape index (κ1) is 13.4. The van der Waals surface area contributed by atoms with Gasteiger partial charge in [0.2, 0.25) is 5.75 Å². The third-order valence-corrected chi connectivity index (χ3v) is 4.45. The number of hydrogen-bond donors (Lipinski definition) is 1. The van der Waals surface area contributed by atoms with Gasteiger partial charge in [-0.15, -0.1) is 0 Å². The Balaban J connectivity index is 1.69. The summed E-state index contributed by atoms with van der Waals surface area (Å²) in [5.74, 6) is 0.990. The van der Waals surface area contributed by atoms with Crippen LogP contribution in [0.5, 0.6) is 5.75 Å². The lowest BCUT2D eigenvalue weighted by Crippen LogP contribution is -2.50. The number of nitrogens with one attached hydrogen (secondary N) is 1. The Bertz CT molecular complexity index is 502. The zero-order chi connectivity index (χ0) is 13.9. The largest absolute Gasteiger partial charge is 0.489 e. The fourth-order valence-electron chi connectivity index (χ4n) is 3.36. The van der Waals surface area contributed by atoms with E-state index in [2.05, 4.69) is 19.8 Å². The predicted molar refractivity (Wildman–Crippen MR) is 77.5 cm³/mol. The van der Waals surface area contributed by atoms with Gasteiger partial charge >= 0.3 is 0 Å². The summed E-state index contributed by atoms with van der Waals surface area (Å²) >= 11 is 0. The smallest absolute Gasteiger partial charge is 0.295 e. The Kier molecular flexibility index (Phi) is 3.91. The Hall–Kier alpha value is -1.56. The molecule has 1 saturated carbocycles. The molecular formula is C14H22N4O2. The molecule has 1 saturated heterocycles. The lowest BCUT2D eigenvalue weighted by Gasteiger charge is -2.38. The lowest BCUT2D eigenvalue weighted by molar-refractivity contribution is 0.187. The molecule has 110 valence electrons. The number of methoxy groups -OCH3 is 1. The molecule has 3 rings (SSSR count). The van der Waals surface area contributed by atoms with Crippen LogP contribution < -0.4 is 15.2 Å². The first-order valence-corrected chi connectivity index (χ1v) is 7.40. The van der Waals surface area contributed by atoms with Gasteiger partial charge in [-0.1, -0.05) is 12.8 Å². The van der Waals surface area contributed by atoms with Crippen LogP contribution in [0.2, 0.25) is 0 Å². The van der Waals surface area contributed by atoms with E-state index in [1.54, 1.807) is 0 Å². The van der Waals surface area contributed by atoms with Gasteiger partial charge in [-0.3, -0.25) is 9.69 Å². The number of hydrogen-bond acceptors (Lipinski definition) is 5. The maximum Gasteiger partial charge on any atom is 0.295 e. The molecule has 1 aromatic heterocycles. The molecule has 0 amide bonds. The number of anilines is 1. The summed E-state index contributed by atoms with van der Waals surface area (Å²) < 4.78 is 5.19. The zero-order valence-corrected chi connectivity index (χ0v) is 12.0. The van der Waals surface area contributed by atoms with E-state index in [-0.39, 0.29) is 5.56 Å². The summed E-state index contributed by atoms with van der Waals surface area (Å²) in [6.45, 7) is 3.90. The molecular weight excluding hydrogens is 256 g/mol. The highest BCUT2D eigenvalue weighted by Gasteiger charge is 2.27. The molecule has 0 radical (unpaired) electrons. The second-order valence-corrected chi connectivity index (χ2v) is 5.55. The van der Waals surface area contributed by atoms with Crippen LogP contribution in [-0.2, 0) is 0 Å². The maximum atomic E-state index is 11.7. The first-order chi connectivity index (χ1) is 9.79. The van der Waals surface area contributed by atoms with E-state index in [9.17, 15) is 4.79 Å². The van der Waals surface area contributed by atoms with Gasteiger partial charge in [0, 0.05) is 32.2 Å². The van der Waals surface area contributed by atoms with Gasteiger partial charge in [0.05, 0.1) is 13.4 Å². The van der Waals surface area contributed by atoms with Gasteiger partial charge in [-0.25, -0.2) is 4.98 Å². The van der Waals surface area contributed by atoms with E-state index in [1.807, 2.05) is 0 Å². The van der Waals surface area contributed by atoms with Crippen molar-refractivity contribution in [2.75, 3.05) is 38.2 Å². The molecule has 2 heterocycles. The van der Waals surface area contributed by atoms with E-state index in [4.69, 9.17) is 4.74 Å². The molecule has 2 fully saturated rings. The SMILES string of the molecule is COc1c(N2CCN(C3CCCC3)CC2)nc[nH]c1=O. The molecule has 1 aliphatic heterocycles. The quantitative estimate of drug-likeness (QED) is 0.888. The lowest BCUT2D eigenvalue weighted by atomic mass is 10.2. The summed E-state index contributed by atoms with van der Waals surface area (Å²) in [6.07, 6.45) is 6.87. The zero-order valence-electron chi connectivity index (χ0n) is 12.0. The van der Waals surface area contributed by atoms with Gasteiger partial charge in [-0.2, -0.15) is 0 Å². The Morgan fingerprint density at radius 3 is 2.60 bits per heavy atom. The second-order valence-electron chi connectivity index (χ2n) is 5.55. The number of aromatic nitrogens is 2. The molecule has 2 aliphatic rings. The van der Waals surface area contributed by atoms with Crippen molar-refractivity contribution in [3.05, 3.63) is 16.7 Å². The Labute approximate surface area is 118 Å². The van der Waals surface area contributed by atoms with Crippen molar-refractivity contribution in [2.45, 2.75) is 31.7 Å². The normalized spacial score (nSPS) is 21.4. The van der Waals surface area contributed by atoms with Crippen LogP contribution in [0, 0.1) is 0 Å². The second kappa shape index (κ2) is 5.83. The Morgan fingerprint density at radius 1 is 1.25 bits per heavy atom. The minimum Gasteiger partial charge on any atom is -0.489 e. The van der Waals surface area contributed by atoms with Gasteiger partial charge < -0.3 is 14.6 Å². The van der Waals surface area contributed by atoms with Gasteiger partial charge in [0.15, 0.2) is 5.82 Å². The molecule has 0 aromatic carbocycles. The number of rotatable bonds is 3. The van der Waals surface area contributed by atoms with E-state index < -0.39 is 0 Å². The van der Waals surface area contributed by atoms with Crippen LogP contribution in [0.4, 0.5) is 5.82 Å². The summed E-state index contributed by atoms with van der Waals surface area (Å²) in [5.41, 5.74) is -0.212. The van der Waals surface area contributed by atoms with Crippen molar-refractivity contribution in [3.63, 3.8) is 0 Å². The van der Waals surface area contributed by atoms with Crippen LogP contribution in [0.25, 0.3) is 0 Å². The monoisotopic (exact) mass is 278 g/mol. The summed E-state index contributed by atoms with van der Waals surface area (Å²) in [6, 6.07) is 0.770. The summed E-state index contributed by atoms with van der Waals surface area (Å²) in [5, 5.41) is 0. The molecule has 1 aliphatic carbocycles. The molecule has 0 spiro atoms. The fourth-order valence-corrected chi connectivity index (χ4v) is 3.36. The van der Waals surface area contributed by atoms with Crippen LogP contribution in [0.1, 0.15) is 25.7 Å². The predicted octanol–water partition coefficient (Wildman–Crippen LogP) is 0.843. The number of nitrogens with zero attached hydrogens (tertiary/aromatic N) is 3. The highest BCUT2D eigenvalue weighted by atomic mass is 16.5. The molecule has 6 heteroatoms. The van der Waals surface area contributed by atoms with Crippen LogP contribution >= 0.6 is 0 Å². The molecule has 6 nitrogen and oxygen atoms in total. The standard InChI is InChI=1S/C14H22N4O2/c1-20-12-13(15-10-16-14(12)19)18-8-6-17(7-9-18)11-4-2-3-5-11/h10-11H,2-9H2,1H3,(H,15,16,19). The highest BCUT2D eigenvalue weighted by molar-refractivity contribution is 5.51. The fraction of sp³-hybridized carbons (Fsp3) is 0.714. The van der Waals surface area contributed by atoms with Crippen molar-refractivity contribution in [1.29, 1.82) is 0 Å². The average molecular weight is 278 g/mol. The van der Waals surface area contributed by atoms with Crippen molar-refractivity contribution in [1.82, 2.24) is 14.9 Å². The first-order valence-electron chi connectivity index (χ1n) is 7.40. The van der Waals surface area contributed by atoms with Crippen LogP contribution in [0.15, 0.2) is 11.1 Å². The van der Waals surface area contributed by atoms with Gasteiger partial charge in [0.25, 0.3) is 5.56 Å². The Morgan fingerprint density at radius 2 is 1.95 bits per heavy atom. The van der Waals surface area contributed by atoms with Crippen LogP contribution in [0.3, 0.4) is 0 Å². The average Bonchev–Trinajstić information content (AvgIpc) is 3.01. The van der Waals surface area contributed by atoms with Crippen molar-refractivity contribution in [3.8, 4) is 5.75 Å². The number of aromatic amines is 1. The molecule has 20 heavy (non-hydrogen) atoms. The number of piperazine rings is 1. The minimum atomic E-state index is -0.212. The molecule has 0 unspecified atom stereocenters. The molecule has 0 bridgehead atoms. The third kappa shape index (κ3) is 2.52. The summed E-state index contributed by atoms with van der Waals surface area (Å²) in [7, 11) is 1.52. The van der Waals surface area contributed by atoms with E-state index in [1.165, 1.54) is 39.1 Å². The minimum absolute atomic E-state index is 0.212. The molecule has 1 N–H and O–H groups in total.